The van der Waals surface area contributed by atoms with Crippen LogP contribution in [0.4, 0.5) is 17.1 Å². The van der Waals surface area contributed by atoms with E-state index in [9.17, 15) is 4.79 Å². The van der Waals surface area contributed by atoms with Crippen molar-refractivity contribution in [2.24, 2.45) is 0 Å². The Labute approximate surface area is 134 Å². The molecule has 0 saturated heterocycles. The van der Waals surface area contributed by atoms with E-state index in [-0.39, 0.29) is 5.91 Å². The molecule has 0 aromatic heterocycles. The first-order chi connectivity index (χ1) is 11.3. The average molecular weight is 313 g/mol. The zero-order valence-corrected chi connectivity index (χ0v) is 12.9. The fraction of sp³-hybridized carbons (Fsp3) is 0.235. The molecule has 0 aliphatic carbocycles. The van der Waals surface area contributed by atoms with Crippen molar-refractivity contribution >= 4 is 23.0 Å². The fourth-order valence-corrected chi connectivity index (χ4v) is 2.40. The number of amides is 1. The van der Waals surface area contributed by atoms with E-state index in [1.807, 2.05) is 30.3 Å². The van der Waals surface area contributed by atoms with Gasteiger partial charge < -0.3 is 15.4 Å². The number of anilines is 3. The van der Waals surface area contributed by atoms with Gasteiger partial charge in [-0.3, -0.25) is 15.1 Å². The number of benzene rings is 2. The highest BCUT2D eigenvalue weighted by Gasteiger charge is 2.16. The molecule has 3 N–H and O–H groups in total. The van der Waals surface area contributed by atoms with E-state index in [1.165, 1.54) is 0 Å². The van der Waals surface area contributed by atoms with Gasteiger partial charge in [-0.15, -0.1) is 0 Å². The highest BCUT2D eigenvalue weighted by atomic mass is 16.6. The van der Waals surface area contributed by atoms with Crippen LogP contribution in [-0.2, 0) is 4.84 Å². The molecule has 23 heavy (non-hydrogen) atoms. The molecule has 0 unspecified atom stereocenters. The molecule has 0 saturated carbocycles. The van der Waals surface area contributed by atoms with E-state index in [0.717, 1.165) is 24.3 Å². The second-order valence-corrected chi connectivity index (χ2v) is 5.15. The van der Waals surface area contributed by atoms with E-state index in [2.05, 4.69) is 16.1 Å². The predicted molar refractivity (Wildman–Crippen MR) is 90.1 cm³/mol. The number of carbonyl (C=O) groups excluding carboxylic acids is 1. The van der Waals surface area contributed by atoms with Crippen LogP contribution in [0.3, 0.4) is 0 Å². The smallest absolute Gasteiger partial charge is 0.257 e. The maximum absolute atomic E-state index is 12.6. The lowest BCUT2D eigenvalue weighted by atomic mass is 10.1. The van der Waals surface area contributed by atoms with Crippen LogP contribution in [0.25, 0.3) is 0 Å². The fourth-order valence-electron chi connectivity index (χ4n) is 2.40. The summed E-state index contributed by atoms with van der Waals surface area (Å²) in [5.41, 5.74) is 5.62. The third-order valence-corrected chi connectivity index (χ3v) is 3.54. The molecule has 0 spiro atoms. The summed E-state index contributed by atoms with van der Waals surface area (Å²) in [7, 11) is 1.59. The number of carbonyl (C=O) groups is 1. The van der Waals surface area contributed by atoms with Crippen LogP contribution in [0, 0.1) is 0 Å². The van der Waals surface area contributed by atoms with Gasteiger partial charge in [0, 0.05) is 18.3 Å². The zero-order valence-electron chi connectivity index (χ0n) is 12.9. The molecule has 2 aromatic rings. The Morgan fingerprint density at radius 3 is 3.00 bits per heavy atom. The van der Waals surface area contributed by atoms with E-state index in [1.54, 1.807) is 19.2 Å². The number of rotatable bonds is 3. The van der Waals surface area contributed by atoms with Crippen molar-refractivity contribution in [3.8, 4) is 5.75 Å². The number of nitrogens with one attached hydrogen (secondary N) is 3. The minimum atomic E-state index is -0.190. The molecule has 1 amide bonds. The van der Waals surface area contributed by atoms with Gasteiger partial charge >= 0.3 is 0 Å². The van der Waals surface area contributed by atoms with Crippen molar-refractivity contribution in [2.75, 3.05) is 36.4 Å². The SMILES string of the molecule is COc1cccc(NC(=O)c2cccc3c2NCCCON3)c1. The second-order valence-electron chi connectivity index (χ2n) is 5.15. The normalized spacial score (nSPS) is 13.6. The molecule has 3 rings (SSSR count). The van der Waals surface area contributed by atoms with Crippen molar-refractivity contribution in [1.29, 1.82) is 0 Å². The Bertz CT molecular complexity index is 703. The molecule has 0 radical (unpaired) electrons. The third kappa shape index (κ3) is 3.54. The first-order valence-electron chi connectivity index (χ1n) is 7.48. The maximum Gasteiger partial charge on any atom is 0.257 e. The lowest BCUT2D eigenvalue weighted by Gasteiger charge is -2.20. The molecular formula is C17H19N3O3. The number of fused-ring (bicyclic) bond motifs is 1. The van der Waals surface area contributed by atoms with Gasteiger partial charge in [-0.2, -0.15) is 0 Å². The summed E-state index contributed by atoms with van der Waals surface area (Å²) in [6.07, 6.45) is 0.859. The molecule has 1 aliphatic heterocycles. The standard InChI is InChI=1S/C17H19N3O3/c1-22-13-6-2-5-12(11-13)19-17(21)14-7-3-8-15-16(14)18-9-4-10-23-20-15/h2-3,5-8,11,18,20H,4,9-10H2,1H3,(H,19,21). The summed E-state index contributed by atoms with van der Waals surface area (Å²) in [4.78, 5) is 18.0. The van der Waals surface area contributed by atoms with Gasteiger partial charge in [0.25, 0.3) is 5.91 Å². The lowest BCUT2D eigenvalue weighted by molar-refractivity contribution is 0.102. The van der Waals surface area contributed by atoms with Gasteiger partial charge in [0.1, 0.15) is 5.75 Å². The van der Waals surface area contributed by atoms with Crippen molar-refractivity contribution < 1.29 is 14.4 Å². The zero-order chi connectivity index (χ0) is 16.1. The van der Waals surface area contributed by atoms with Crippen LogP contribution in [-0.4, -0.2) is 26.2 Å². The van der Waals surface area contributed by atoms with Crippen molar-refractivity contribution in [2.45, 2.75) is 6.42 Å². The lowest BCUT2D eigenvalue weighted by Crippen LogP contribution is -2.19. The van der Waals surface area contributed by atoms with Crippen molar-refractivity contribution in [1.82, 2.24) is 0 Å². The number of methoxy groups -OCH3 is 1. The summed E-state index contributed by atoms with van der Waals surface area (Å²) in [5, 5.41) is 6.19. The molecule has 120 valence electrons. The summed E-state index contributed by atoms with van der Waals surface area (Å²) in [5.74, 6) is 0.504. The number of hydrogen-bond donors (Lipinski definition) is 3. The third-order valence-electron chi connectivity index (χ3n) is 3.54. The Morgan fingerprint density at radius 2 is 2.13 bits per heavy atom. The second kappa shape index (κ2) is 7.02. The molecule has 0 atom stereocenters. The number of para-hydroxylation sites is 1. The monoisotopic (exact) mass is 313 g/mol. The van der Waals surface area contributed by atoms with Crippen LogP contribution in [0.15, 0.2) is 42.5 Å². The van der Waals surface area contributed by atoms with Gasteiger partial charge in [0.2, 0.25) is 0 Å². The first kappa shape index (κ1) is 15.2. The summed E-state index contributed by atoms with van der Waals surface area (Å²) < 4.78 is 5.17. The summed E-state index contributed by atoms with van der Waals surface area (Å²) in [6.45, 7) is 1.37. The van der Waals surface area contributed by atoms with Crippen LogP contribution in [0.2, 0.25) is 0 Å². The first-order valence-corrected chi connectivity index (χ1v) is 7.48. The molecule has 2 aromatic carbocycles. The van der Waals surface area contributed by atoms with E-state index >= 15 is 0 Å². The summed E-state index contributed by atoms with van der Waals surface area (Å²) in [6, 6.07) is 12.7. The molecule has 1 aliphatic rings. The quantitative estimate of drug-likeness (QED) is 0.812. The predicted octanol–water partition coefficient (Wildman–Crippen LogP) is 3.11. The van der Waals surface area contributed by atoms with E-state index in [0.29, 0.717) is 23.6 Å². The van der Waals surface area contributed by atoms with Gasteiger partial charge in [-0.1, -0.05) is 12.1 Å². The summed E-state index contributed by atoms with van der Waals surface area (Å²) >= 11 is 0. The van der Waals surface area contributed by atoms with Crippen molar-refractivity contribution in [3.05, 3.63) is 48.0 Å². The van der Waals surface area contributed by atoms with Crippen molar-refractivity contribution in [3.63, 3.8) is 0 Å². The Hall–Kier alpha value is -2.73. The molecule has 0 bridgehead atoms. The highest BCUT2D eigenvalue weighted by molar-refractivity contribution is 6.09. The van der Waals surface area contributed by atoms with Gasteiger partial charge in [-0.25, -0.2) is 0 Å². The topological polar surface area (TPSA) is 71.6 Å². The van der Waals surface area contributed by atoms with Gasteiger partial charge in [0.05, 0.1) is 30.7 Å². The Balaban J connectivity index is 1.85. The van der Waals surface area contributed by atoms with E-state index in [4.69, 9.17) is 9.57 Å². The van der Waals surface area contributed by atoms with E-state index < -0.39 is 0 Å². The number of ether oxygens (including phenoxy) is 1. The number of hydrogen-bond acceptors (Lipinski definition) is 5. The Morgan fingerprint density at radius 1 is 1.26 bits per heavy atom. The minimum absolute atomic E-state index is 0.190. The van der Waals surface area contributed by atoms with Crippen LogP contribution in [0.1, 0.15) is 16.8 Å². The minimum Gasteiger partial charge on any atom is -0.497 e. The highest BCUT2D eigenvalue weighted by Crippen LogP contribution is 2.28. The molecular weight excluding hydrogens is 294 g/mol. The molecule has 6 heteroatoms. The van der Waals surface area contributed by atoms with Crippen LogP contribution < -0.4 is 20.9 Å². The average Bonchev–Trinajstić information content (AvgIpc) is 2.55. The Kier molecular flexibility index (Phi) is 4.63. The molecule has 0 fully saturated rings. The maximum atomic E-state index is 12.6. The molecule has 1 heterocycles. The van der Waals surface area contributed by atoms with Crippen LogP contribution >= 0.6 is 0 Å². The van der Waals surface area contributed by atoms with Gasteiger partial charge in [0.15, 0.2) is 0 Å². The van der Waals surface area contributed by atoms with Crippen LogP contribution in [0.5, 0.6) is 5.75 Å². The molecule has 6 nitrogen and oxygen atoms in total. The van der Waals surface area contributed by atoms with Gasteiger partial charge in [-0.05, 0) is 30.7 Å². The largest absolute Gasteiger partial charge is 0.497 e.